The summed E-state index contributed by atoms with van der Waals surface area (Å²) in [6, 6.07) is 0.207. The molecule has 0 amide bonds. The second-order valence-corrected chi connectivity index (χ2v) is 5.45. The maximum atomic E-state index is 6.30. The van der Waals surface area contributed by atoms with Crippen LogP contribution in [0.1, 0.15) is 20.8 Å². The van der Waals surface area contributed by atoms with Crippen LogP contribution in [0.15, 0.2) is 19.0 Å². The van der Waals surface area contributed by atoms with Gasteiger partial charge in [-0.3, -0.25) is 0 Å². The molecule has 0 bridgehead atoms. The molecule has 0 saturated heterocycles. The first-order valence-corrected chi connectivity index (χ1v) is 6.96. The van der Waals surface area contributed by atoms with E-state index < -0.39 is 0 Å². The van der Waals surface area contributed by atoms with Crippen LogP contribution in [0.2, 0.25) is 5.15 Å². The average Bonchev–Trinajstić information content (AvgIpc) is 3.08. The van der Waals surface area contributed by atoms with Gasteiger partial charge >= 0.3 is 0 Å². The Bertz CT molecular complexity index is 748. The van der Waals surface area contributed by atoms with Crippen LogP contribution in [-0.4, -0.2) is 40.4 Å². The first kappa shape index (κ1) is 13.7. The Morgan fingerprint density at radius 1 is 1.19 bits per heavy atom. The minimum Gasteiger partial charge on any atom is -0.365 e. The summed E-state index contributed by atoms with van der Waals surface area (Å²) < 4.78 is 3.17. The van der Waals surface area contributed by atoms with E-state index in [9.17, 15) is 0 Å². The predicted octanol–water partition coefficient (Wildman–Crippen LogP) is 1.81. The van der Waals surface area contributed by atoms with Crippen molar-refractivity contribution in [1.82, 2.24) is 34.3 Å². The number of hydrogen-bond acceptors (Lipinski definition) is 6. The van der Waals surface area contributed by atoms with Gasteiger partial charge in [-0.2, -0.15) is 24.7 Å². The lowest BCUT2D eigenvalue weighted by Gasteiger charge is -2.21. The lowest BCUT2D eigenvalue weighted by molar-refractivity contribution is 0.555. The third-order valence-corrected chi connectivity index (χ3v) is 3.64. The Hall–Kier alpha value is -2.22. The predicted molar refractivity (Wildman–Crippen MR) is 78.6 cm³/mol. The summed E-state index contributed by atoms with van der Waals surface area (Å²) in [6.07, 6.45) is 4.45. The third-order valence-electron chi connectivity index (χ3n) is 3.37. The molecule has 1 N–H and O–H groups in total. The molecule has 1 atom stereocenters. The van der Waals surface area contributed by atoms with Crippen molar-refractivity contribution >= 4 is 23.2 Å². The zero-order chi connectivity index (χ0) is 15.0. The van der Waals surface area contributed by atoms with Gasteiger partial charge in [0.05, 0.1) is 0 Å². The van der Waals surface area contributed by atoms with E-state index in [1.54, 1.807) is 15.5 Å². The summed E-state index contributed by atoms with van der Waals surface area (Å²) >= 11 is 6.30. The summed E-state index contributed by atoms with van der Waals surface area (Å²) in [5, 5.41) is 12.0. The number of aromatic nitrogens is 7. The quantitative estimate of drug-likeness (QED) is 0.740. The van der Waals surface area contributed by atoms with E-state index in [0.717, 1.165) is 0 Å². The van der Waals surface area contributed by atoms with Gasteiger partial charge in [0, 0.05) is 6.04 Å². The number of halogens is 1. The van der Waals surface area contributed by atoms with Crippen LogP contribution in [-0.2, 0) is 0 Å². The monoisotopic (exact) mass is 306 g/mol. The first-order chi connectivity index (χ1) is 10.1. The summed E-state index contributed by atoms with van der Waals surface area (Å²) in [4.78, 5) is 12.3. The normalized spacial score (nSPS) is 13.0. The summed E-state index contributed by atoms with van der Waals surface area (Å²) in [7, 11) is 0. The number of nitrogens with one attached hydrogen (secondary N) is 1. The first-order valence-electron chi connectivity index (χ1n) is 6.58. The maximum absolute atomic E-state index is 6.30. The van der Waals surface area contributed by atoms with Crippen molar-refractivity contribution in [3.63, 3.8) is 0 Å². The smallest absolute Gasteiger partial charge is 0.255 e. The molecule has 110 valence electrons. The number of nitrogens with zero attached hydrogens (tertiary/aromatic N) is 7. The highest BCUT2D eigenvalue weighted by Crippen LogP contribution is 2.27. The van der Waals surface area contributed by atoms with Crippen molar-refractivity contribution in [2.75, 3.05) is 5.32 Å². The van der Waals surface area contributed by atoms with E-state index in [1.165, 1.54) is 12.7 Å². The molecule has 9 heteroatoms. The molecule has 0 aromatic carbocycles. The molecule has 3 rings (SSSR count). The molecule has 0 unspecified atom stereocenters. The van der Waals surface area contributed by atoms with Crippen LogP contribution in [0.5, 0.6) is 0 Å². The number of fused-ring (bicyclic) bond motifs is 1. The standard InChI is InChI=1S/C12H15ClN8/c1-7(2)8(3)18-11-9(20-6-14-4-16-20)10(13)19-12-15-5-17-21(11)12/h4-8,18H,1-3H3/t8-/m1/s1. The zero-order valence-electron chi connectivity index (χ0n) is 11.9. The van der Waals surface area contributed by atoms with Crippen molar-refractivity contribution in [3.8, 4) is 5.69 Å². The third kappa shape index (κ3) is 2.42. The summed E-state index contributed by atoms with van der Waals surface area (Å²) in [5.41, 5.74) is 0.597. The van der Waals surface area contributed by atoms with Crippen molar-refractivity contribution in [3.05, 3.63) is 24.1 Å². The Balaban J connectivity index is 2.22. The highest BCUT2D eigenvalue weighted by molar-refractivity contribution is 6.31. The molecule has 0 radical (unpaired) electrons. The van der Waals surface area contributed by atoms with E-state index in [1.807, 2.05) is 0 Å². The molecule has 0 aliphatic heterocycles. The zero-order valence-corrected chi connectivity index (χ0v) is 12.7. The molecule has 0 saturated carbocycles. The summed E-state index contributed by atoms with van der Waals surface area (Å²) in [5.74, 6) is 1.55. The Morgan fingerprint density at radius 2 is 2.00 bits per heavy atom. The van der Waals surface area contributed by atoms with Crippen LogP contribution in [0.3, 0.4) is 0 Å². The van der Waals surface area contributed by atoms with Gasteiger partial charge in [0.25, 0.3) is 5.78 Å². The van der Waals surface area contributed by atoms with Gasteiger partial charge in [-0.15, -0.1) is 0 Å². The highest BCUT2D eigenvalue weighted by Gasteiger charge is 2.20. The molecule has 0 spiro atoms. The van der Waals surface area contributed by atoms with E-state index in [2.05, 4.69) is 51.2 Å². The largest absolute Gasteiger partial charge is 0.365 e. The van der Waals surface area contributed by atoms with Crippen LogP contribution >= 0.6 is 11.6 Å². The van der Waals surface area contributed by atoms with E-state index >= 15 is 0 Å². The molecule has 3 aromatic heterocycles. The molecule has 0 aliphatic rings. The lowest BCUT2D eigenvalue weighted by Crippen LogP contribution is -2.25. The van der Waals surface area contributed by atoms with E-state index in [-0.39, 0.29) is 6.04 Å². The van der Waals surface area contributed by atoms with Gasteiger partial charge in [-0.25, -0.2) is 9.67 Å². The molecular weight excluding hydrogens is 292 g/mol. The minimum atomic E-state index is 0.207. The topological polar surface area (TPSA) is 85.8 Å². The molecule has 0 aliphatic carbocycles. The van der Waals surface area contributed by atoms with Crippen LogP contribution < -0.4 is 5.32 Å². The molecule has 3 aromatic rings. The Kier molecular flexibility index (Phi) is 3.46. The fraction of sp³-hybridized carbons (Fsp3) is 0.417. The van der Waals surface area contributed by atoms with Gasteiger partial charge in [-0.05, 0) is 12.8 Å². The Morgan fingerprint density at radius 3 is 2.67 bits per heavy atom. The second-order valence-electron chi connectivity index (χ2n) is 5.09. The van der Waals surface area contributed by atoms with Crippen molar-refractivity contribution < 1.29 is 0 Å². The van der Waals surface area contributed by atoms with Crippen LogP contribution in [0.25, 0.3) is 11.5 Å². The highest BCUT2D eigenvalue weighted by atomic mass is 35.5. The average molecular weight is 307 g/mol. The van der Waals surface area contributed by atoms with Gasteiger partial charge in [0.15, 0.2) is 11.0 Å². The molecule has 21 heavy (non-hydrogen) atoms. The summed E-state index contributed by atoms with van der Waals surface area (Å²) in [6.45, 7) is 6.36. The van der Waals surface area contributed by atoms with Gasteiger partial charge in [0.1, 0.15) is 24.7 Å². The van der Waals surface area contributed by atoms with Crippen molar-refractivity contribution in [1.29, 1.82) is 0 Å². The van der Waals surface area contributed by atoms with Gasteiger partial charge in [0.2, 0.25) is 0 Å². The van der Waals surface area contributed by atoms with Gasteiger partial charge in [-0.1, -0.05) is 25.4 Å². The van der Waals surface area contributed by atoms with Crippen LogP contribution in [0, 0.1) is 5.92 Å². The second kappa shape index (κ2) is 5.28. The molecule has 8 nitrogen and oxygen atoms in total. The van der Waals surface area contributed by atoms with Crippen LogP contribution in [0.4, 0.5) is 5.82 Å². The van der Waals surface area contributed by atoms with Crippen molar-refractivity contribution in [2.24, 2.45) is 5.92 Å². The fourth-order valence-corrected chi connectivity index (χ4v) is 2.10. The molecule has 3 heterocycles. The van der Waals surface area contributed by atoms with E-state index in [0.29, 0.717) is 28.4 Å². The minimum absolute atomic E-state index is 0.207. The SMILES string of the molecule is CC(C)[C@@H](C)Nc1c(-n2cncn2)c(Cl)nc2ncnn12. The number of rotatable bonds is 4. The lowest BCUT2D eigenvalue weighted by atomic mass is 10.1. The molecular formula is C12H15ClN8. The number of hydrogen-bond donors (Lipinski definition) is 1. The van der Waals surface area contributed by atoms with Gasteiger partial charge < -0.3 is 5.32 Å². The van der Waals surface area contributed by atoms with Crippen molar-refractivity contribution in [2.45, 2.75) is 26.8 Å². The molecule has 0 fully saturated rings. The maximum Gasteiger partial charge on any atom is 0.255 e. The fourth-order valence-electron chi connectivity index (χ4n) is 1.85. The number of anilines is 1. The Labute approximate surface area is 126 Å². The van der Waals surface area contributed by atoms with E-state index in [4.69, 9.17) is 11.6 Å².